The Bertz CT molecular complexity index is 632. The summed E-state index contributed by atoms with van der Waals surface area (Å²) in [6, 6.07) is 15.6. The van der Waals surface area contributed by atoms with Crippen LogP contribution in [0.3, 0.4) is 0 Å². The van der Waals surface area contributed by atoms with Gasteiger partial charge in [0.05, 0.1) is 15.7 Å². The van der Waals surface area contributed by atoms with Gasteiger partial charge in [0.25, 0.3) is 0 Å². The van der Waals surface area contributed by atoms with Crippen molar-refractivity contribution in [2.45, 2.75) is 19.3 Å². The lowest BCUT2D eigenvalue weighted by molar-refractivity contribution is -0.120. The van der Waals surface area contributed by atoms with Crippen LogP contribution >= 0.6 is 23.2 Å². The van der Waals surface area contributed by atoms with Crippen LogP contribution in [0, 0.1) is 0 Å². The molecular formula is C18H20Cl2N2O. The number of nitrogens with one attached hydrogen (secondary N) is 2. The molecule has 0 spiro atoms. The number of carbonyl (C=O) groups excluding carboxylic acids is 1. The Morgan fingerprint density at radius 3 is 2.52 bits per heavy atom. The topological polar surface area (TPSA) is 41.1 Å². The van der Waals surface area contributed by atoms with Crippen molar-refractivity contribution in [3.63, 3.8) is 0 Å². The van der Waals surface area contributed by atoms with Gasteiger partial charge in [0.1, 0.15) is 0 Å². The zero-order chi connectivity index (χ0) is 16.5. The van der Waals surface area contributed by atoms with Gasteiger partial charge in [-0.2, -0.15) is 0 Å². The van der Waals surface area contributed by atoms with Gasteiger partial charge in [0.2, 0.25) is 5.91 Å². The number of hydrogen-bond donors (Lipinski definition) is 2. The number of carbonyl (C=O) groups is 1. The van der Waals surface area contributed by atoms with Gasteiger partial charge in [0.15, 0.2) is 0 Å². The molecule has 0 aliphatic heterocycles. The fourth-order valence-electron chi connectivity index (χ4n) is 2.20. The molecule has 122 valence electrons. The van der Waals surface area contributed by atoms with Crippen LogP contribution in [-0.4, -0.2) is 19.0 Å². The fourth-order valence-corrected chi connectivity index (χ4v) is 2.57. The molecule has 1 amide bonds. The summed E-state index contributed by atoms with van der Waals surface area (Å²) in [6.45, 7) is 1.20. The van der Waals surface area contributed by atoms with E-state index in [9.17, 15) is 4.79 Å². The number of halogens is 2. The Balaban J connectivity index is 1.61. The first kappa shape index (κ1) is 17.6. The zero-order valence-electron chi connectivity index (χ0n) is 12.8. The van der Waals surface area contributed by atoms with E-state index in [1.165, 1.54) is 5.56 Å². The highest BCUT2D eigenvalue weighted by Gasteiger charge is 2.05. The van der Waals surface area contributed by atoms with Gasteiger partial charge in [0, 0.05) is 19.5 Å². The lowest BCUT2D eigenvalue weighted by Crippen LogP contribution is -2.26. The van der Waals surface area contributed by atoms with Crippen molar-refractivity contribution >= 4 is 34.8 Å². The van der Waals surface area contributed by atoms with E-state index in [1.54, 1.807) is 6.07 Å². The van der Waals surface area contributed by atoms with Crippen molar-refractivity contribution < 1.29 is 4.79 Å². The molecule has 0 radical (unpaired) electrons. The Morgan fingerprint density at radius 2 is 1.74 bits per heavy atom. The van der Waals surface area contributed by atoms with E-state index in [0.29, 0.717) is 29.6 Å². The average Bonchev–Trinajstić information content (AvgIpc) is 2.56. The van der Waals surface area contributed by atoms with E-state index >= 15 is 0 Å². The van der Waals surface area contributed by atoms with Gasteiger partial charge in [-0.3, -0.25) is 4.79 Å². The summed E-state index contributed by atoms with van der Waals surface area (Å²) in [5.74, 6) is 0.0312. The minimum Gasteiger partial charge on any atom is -0.383 e. The summed E-state index contributed by atoms with van der Waals surface area (Å²) >= 11 is 12.0. The molecule has 0 bridgehead atoms. The second-order valence-electron chi connectivity index (χ2n) is 5.22. The molecule has 2 aromatic carbocycles. The number of hydrogen-bond acceptors (Lipinski definition) is 2. The third-order valence-corrected chi connectivity index (χ3v) is 4.25. The van der Waals surface area contributed by atoms with Crippen molar-refractivity contribution in [1.29, 1.82) is 0 Å². The van der Waals surface area contributed by atoms with Crippen LogP contribution in [0.15, 0.2) is 48.5 Å². The van der Waals surface area contributed by atoms with Gasteiger partial charge in [-0.25, -0.2) is 0 Å². The molecule has 0 saturated carbocycles. The summed E-state index contributed by atoms with van der Waals surface area (Å²) < 4.78 is 0. The van der Waals surface area contributed by atoms with Gasteiger partial charge < -0.3 is 10.6 Å². The van der Waals surface area contributed by atoms with Gasteiger partial charge in [-0.15, -0.1) is 0 Å². The minimum atomic E-state index is 0.0312. The van der Waals surface area contributed by atoms with Crippen LogP contribution < -0.4 is 10.6 Å². The molecule has 0 aliphatic carbocycles. The standard InChI is InChI=1S/C18H20Cl2N2O/c19-15-9-4-10-16(18(15)20)21-13-11-17(23)22-12-5-8-14-6-2-1-3-7-14/h1-4,6-7,9-10,21H,5,8,11-13H2,(H,22,23). The minimum absolute atomic E-state index is 0.0312. The Kier molecular flexibility index (Phi) is 7.24. The molecule has 5 heteroatoms. The maximum absolute atomic E-state index is 11.8. The number of anilines is 1. The zero-order valence-corrected chi connectivity index (χ0v) is 14.3. The molecule has 0 fully saturated rings. The Morgan fingerprint density at radius 1 is 0.957 bits per heavy atom. The van der Waals surface area contributed by atoms with Crippen LogP contribution in [0.1, 0.15) is 18.4 Å². The smallest absolute Gasteiger partial charge is 0.221 e. The maximum Gasteiger partial charge on any atom is 0.221 e. The number of aryl methyl sites for hydroxylation is 1. The highest BCUT2D eigenvalue weighted by Crippen LogP contribution is 2.29. The van der Waals surface area contributed by atoms with Crippen molar-refractivity contribution in [2.75, 3.05) is 18.4 Å². The summed E-state index contributed by atoms with van der Waals surface area (Å²) in [4.78, 5) is 11.8. The largest absolute Gasteiger partial charge is 0.383 e. The van der Waals surface area contributed by atoms with Crippen LogP contribution in [0.25, 0.3) is 0 Å². The molecule has 2 N–H and O–H groups in total. The molecule has 0 saturated heterocycles. The SMILES string of the molecule is O=C(CCNc1cccc(Cl)c1Cl)NCCCc1ccccc1. The Labute approximate surface area is 147 Å². The highest BCUT2D eigenvalue weighted by atomic mass is 35.5. The molecule has 2 aromatic rings. The molecule has 0 heterocycles. The van der Waals surface area contributed by atoms with E-state index < -0.39 is 0 Å². The number of benzene rings is 2. The third kappa shape index (κ3) is 6.12. The number of amides is 1. The molecule has 3 nitrogen and oxygen atoms in total. The van der Waals surface area contributed by atoms with E-state index in [1.807, 2.05) is 30.3 Å². The summed E-state index contributed by atoms with van der Waals surface area (Å²) in [6.07, 6.45) is 2.30. The first-order chi connectivity index (χ1) is 11.2. The highest BCUT2D eigenvalue weighted by molar-refractivity contribution is 6.43. The molecule has 0 unspecified atom stereocenters. The second-order valence-corrected chi connectivity index (χ2v) is 6.00. The quantitative estimate of drug-likeness (QED) is 0.686. The molecular weight excluding hydrogens is 331 g/mol. The second kappa shape index (κ2) is 9.43. The third-order valence-electron chi connectivity index (χ3n) is 3.43. The normalized spacial score (nSPS) is 10.3. The molecule has 0 aromatic heterocycles. The first-order valence-corrected chi connectivity index (χ1v) is 8.41. The van der Waals surface area contributed by atoms with Gasteiger partial charge >= 0.3 is 0 Å². The summed E-state index contributed by atoms with van der Waals surface area (Å²) in [5, 5.41) is 7.04. The maximum atomic E-state index is 11.8. The van der Waals surface area contributed by atoms with E-state index in [-0.39, 0.29) is 5.91 Å². The van der Waals surface area contributed by atoms with Gasteiger partial charge in [-0.05, 0) is 30.5 Å². The van der Waals surface area contributed by atoms with Crippen molar-refractivity contribution in [2.24, 2.45) is 0 Å². The fraction of sp³-hybridized carbons (Fsp3) is 0.278. The Hall–Kier alpha value is -1.71. The molecule has 0 atom stereocenters. The van der Waals surface area contributed by atoms with Crippen LogP contribution in [-0.2, 0) is 11.2 Å². The van der Waals surface area contributed by atoms with E-state index in [0.717, 1.165) is 18.5 Å². The molecule has 23 heavy (non-hydrogen) atoms. The lowest BCUT2D eigenvalue weighted by Gasteiger charge is -2.09. The predicted octanol–water partition coefficient (Wildman–Crippen LogP) is 4.54. The van der Waals surface area contributed by atoms with E-state index in [2.05, 4.69) is 22.8 Å². The average molecular weight is 351 g/mol. The first-order valence-electron chi connectivity index (χ1n) is 7.65. The monoisotopic (exact) mass is 350 g/mol. The van der Waals surface area contributed by atoms with Crippen molar-refractivity contribution in [1.82, 2.24) is 5.32 Å². The number of rotatable bonds is 8. The van der Waals surface area contributed by atoms with Crippen molar-refractivity contribution in [3.05, 3.63) is 64.1 Å². The van der Waals surface area contributed by atoms with Crippen LogP contribution in [0.5, 0.6) is 0 Å². The molecule has 0 aliphatic rings. The van der Waals surface area contributed by atoms with Crippen LogP contribution in [0.2, 0.25) is 10.0 Å². The van der Waals surface area contributed by atoms with Crippen molar-refractivity contribution in [3.8, 4) is 0 Å². The molecule has 2 rings (SSSR count). The summed E-state index contributed by atoms with van der Waals surface area (Å²) in [7, 11) is 0. The lowest BCUT2D eigenvalue weighted by atomic mass is 10.1. The predicted molar refractivity (Wildman–Crippen MR) is 97.3 cm³/mol. The van der Waals surface area contributed by atoms with Gasteiger partial charge in [-0.1, -0.05) is 59.6 Å². The van der Waals surface area contributed by atoms with E-state index in [4.69, 9.17) is 23.2 Å². The summed E-state index contributed by atoms with van der Waals surface area (Å²) in [5.41, 5.74) is 2.04. The van der Waals surface area contributed by atoms with Crippen LogP contribution in [0.4, 0.5) is 5.69 Å².